The van der Waals surface area contributed by atoms with E-state index in [9.17, 15) is 4.79 Å². The maximum absolute atomic E-state index is 12.4. The molecule has 2 heteroatoms. The molecule has 2 aromatic rings. The van der Waals surface area contributed by atoms with Crippen molar-refractivity contribution in [3.8, 4) is 0 Å². The number of aryl methyl sites for hydroxylation is 3. The number of hydrogen-bond acceptors (Lipinski definition) is 1. The summed E-state index contributed by atoms with van der Waals surface area (Å²) in [6, 6.07) is 12.2. The second-order valence-corrected chi connectivity index (χ2v) is 5.99. The zero-order valence-corrected chi connectivity index (χ0v) is 13.8. The summed E-state index contributed by atoms with van der Waals surface area (Å²) in [5, 5.41) is 0. The van der Waals surface area contributed by atoms with Crippen molar-refractivity contribution in [1.82, 2.24) is 0 Å². The van der Waals surface area contributed by atoms with Crippen LogP contribution >= 0.6 is 15.9 Å². The molecular formula is C18H19BrO. The normalized spacial score (nSPS) is 10.6. The summed E-state index contributed by atoms with van der Waals surface area (Å²) in [5.74, 6) is 0.174. The van der Waals surface area contributed by atoms with Crippen LogP contribution < -0.4 is 0 Å². The number of ketones is 1. The standard InChI is InChI=1S/C18H19BrO/c1-4-14-5-7-15(8-6-14)11-17(20)16-9-12(2)18(19)13(3)10-16/h5-10H,4,11H2,1-3H3. The lowest BCUT2D eigenvalue weighted by atomic mass is 9.99. The number of halogens is 1. The van der Waals surface area contributed by atoms with E-state index in [-0.39, 0.29) is 5.78 Å². The number of carbonyl (C=O) groups excluding carboxylic acids is 1. The Morgan fingerprint density at radius 1 is 1.00 bits per heavy atom. The van der Waals surface area contributed by atoms with Crippen molar-refractivity contribution in [2.45, 2.75) is 33.6 Å². The minimum Gasteiger partial charge on any atom is -0.294 e. The molecule has 0 aromatic heterocycles. The molecule has 0 N–H and O–H groups in total. The largest absolute Gasteiger partial charge is 0.294 e. The van der Waals surface area contributed by atoms with Gasteiger partial charge in [0, 0.05) is 16.5 Å². The lowest BCUT2D eigenvalue weighted by molar-refractivity contribution is 0.0993. The molecule has 0 saturated carbocycles. The van der Waals surface area contributed by atoms with Crippen LogP contribution in [0.2, 0.25) is 0 Å². The number of carbonyl (C=O) groups is 1. The van der Waals surface area contributed by atoms with Gasteiger partial charge in [0.15, 0.2) is 5.78 Å². The van der Waals surface area contributed by atoms with Gasteiger partial charge in [0.05, 0.1) is 0 Å². The van der Waals surface area contributed by atoms with Gasteiger partial charge in [0.25, 0.3) is 0 Å². The average Bonchev–Trinajstić information content (AvgIpc) is 2.45. The summed E-state index contributed by atoms with van der Waals surface area (Å²) >= 11 is 3.53. The van der Waals surface area contributed by atoms with Gasteiger partial charge in [-0.3, -0.25) is 4.79 Å². The first-order valence-corrected chi connectivity index (χ1v) is 7.68. The van der Waals surface area contributed by atoms with Gasteiger partial charge >= 0.3 is 0 Å². The first-order valence-electron chi connectivity index (χ1n) is 6.89. The molecule has 0 spiro atoms. The second kappa shape index (κ2) is 6.36. The Morgan fingerprint density at radius 3 is 2.00 bits per heavy atom. The maximum Gasteiger partial charge on any atom is 0.167 e. The van der Waals surface area contributed by atoms with Crippen molar-refractivity contribution < 1.29 is 4.79 Å². The smallest absolute Gasteiger partial charge is 0.167 e. The number of rotatable bonds is 4. The third-order valence-corrected chi connectivity index (χ3v) is 4.81. The van der Waals surface area contributed by atoms with Crippen molar-refractivity contribution in [3.63, 3.8) is 0 Å². The fourth-order valence-electron chi connectivity index (χ4n) is 2.29. The van der Waals surface area contributed by atoms with E-state index in [4.69, 9.17) is 0 Å². The lowest BCUT2D eigenvalue weighted by Gasteiger charge is -2.08. The summed E-state index contributed by atoms with van der Waals surface area (Å²) in [6.07, 6.45) is 1.49. The molecule has 2 rings (SSSR count). The Balaban J connectivity index is 2.19. The molecule has 0 aliphatic carbocycles. The second-order valence-electron chi connectivity index (χ2n) is 5.19. The summed E-state index contributed by atoms with van der Waals surface area (Å²) in [5.41, 5.74) is 5.38. The molecule has 0 aliphatic rings. The van der Waals surface area contributed by atoms with E-state index in [1.165, 1.54) is 5.56 Å². The van der Waals surface area contributed by atoms with Crippen LogP contribution in [0.5, 0.6) is 0 Å². The molecule has 0 unspecified atom stereocenters. The first-order chi connectivity index (χ1) is 9.51. The first kappa shape index (κ1) is 15.0. The molecule has 20 heavy (non-hydrogen) atoms. The van der Waals surface area contributed by atoms with E-state index in [1.54, 1.807) is 0 Å². The van der Waals surface area contributed by atoms with Crippen LogP contribution in [0, 0.1) is 13.8 Å². The minimum atomic E-state index is 0.174. The molecule has 0 atom stereocenters. The van der Waals surface area contributed by atoms with E-state index in [0.29, 0.717) is 6.42 Å². The molecular weight excluding hydrogens is 312 g/mol. The highest BCUT2D eigenvalue weighted by molar-refractivity contribution is 9.10. The van der Waals surface area contributed by atoms with Gasteiger partial charge < -0.3 is 0 Å². The monoisotopic (exact) mass is 330 g/mol. The molecule has 0 saturated heterocycles. The van der Waals surface area contributed by atoms with Crippen LogP contribution in [0.15, 0.2) is 40.9 Å². The van der Waals surface area contributed by atoms with E-state index < -0.39 is 0 Å². The van der Waals surface area contributed by atoms with Gasteiger partial charge in [0.1, 0.15) is 0 Å². The van der Waals surface area contributed by atoms with E-state index in [2.05, 4.69) is 47.1 Å². The van der Waals surface area contributed by atoms with Crippen LogP contribution in [0.25, 0.3) is 0 Å². The highest BCUT2D eigenvalue weighted by atomic mass is 79.9. The van der Waals surface area contributed by atoms with Crippen LogP contribution in [0.4, 0.5) is 0 Å². The lowest BCUT2D eigenvalue weighted by Crippen LogP contribution is -2.05. The fourth-order valence-corrected chi connectivity index (χ4v) is 2.52. The van der Waals surface area contributed by atoms with Crippen molar-refractivity contribution in [1.29, 1.82) is 0 Å². The van der Waals surface area contributed by atoms with Gasteiger partial charge in [-0.1, -0.05) is 47.1 Å². The zero-order chi connectivity index (χ0) is 14.7. The van der Waals surface area contributed by atoms with Crippen molar-refractivity contribution in [2.75, 3.05) is 0 Å². The Labute approximate surface area is 129 Å². The summed E-state index contributed by atoms with van der Waals surface area (Å²) in [7, 11) is 0. The highest BCUT2D eigenvalue weighted by Gasteiger charge is 2.10. The third kappa shape index (κ3) is 3.37. The van der Waals surface area contributed by atoms with Crippen molar-refractivity contribution >= 4 is 21.7 Å². The highest BCUT2D eigenvalue weighted by Crippen LogP contribution is 2.23. The Kier molecular flexibility index (Phi) is 4.77. The van der Waals surface area contributed by atoms with E-state index in [1.807, 2.05) is 26.0 Å². The van der Waals surface area contributed by atoms with Gasteiger partial charge in [-0.25, -0.2) is 0 Å². The van der Waals surface area contributed by atoms with Crippen molar-refractivity contribution in [3.05, 3.63) is 68.7 Å². The molecule has 0 amide bonds. The maximum atomic E-state index is 12.4. The van der Waals surface area contributed by atoms with E-state index >= 15 is 0 Å². The number of benzene rings is 2. The quantitative estimate of drug-likeness (QED) is 0.716. The van der Waals surface area contributed by atoms with Gasteiger partial charge in [0.2, 0.25) is 0 Å². The minimum absolute atomic E-state index is 0.174. The van der Waals surface area contributed by atoms with Crippen LogP contribution in [0.1, 0.15) is 39.5 Å². The molecule has 104 valence electrons. The Bertz CT molecular complexity index is 603. The van der Waals surface area contributed by atoms with Gasteiger partial charge in [-0.2, -0.15) is 0 Å². The van der Waals surface area contributed by atoms with Crippen LogP contribution in [-0.2, 0) is 12.8 Å². The molecule has 0 bridgehead atoms. The third-order valence-electron chi connectivity index (χ3n) is 3.55. The van der Waals surface area contributed by atoms with E-state index in [0.717, 1.165) is 33.1 Å². The average molecular weight is 331 g/mol. The molecule has 0 radical (unpaired) electrons. The Morgan fingerprint density at radius 2 is 1.50 bits per heavy atom. The number of hydrogen-bond donors (Lipinski definition) is 0. The molecule has 1 nitrogen and oxygen atoms in total. The zero-order valence-electron chi connectivity index (χ0n) is 12.2. The molecule has 2 aromatic carbocycles. The van der Waals surface area contributed by atoms with Crippen LogP contribution in [0.3, 0.4) is 0 Å². The van der Waals surface area contributed by atoms with Gasteiger partial charge in [-0.15, -0.1) is 0 Å². The molecule has 0 fully saturated rings. The van der Waals surface area contributed by atoms with Gasteiger partial charge in [-0.05, 0) is 54.7 Å². The SMILES string of the molecule is CCc1ccc(CC(=O)c2cc(C)c(Br)c(C)c2)cc1. The summed E-state index contributed by atoms with van der Waals surface area (Å²) < 4.78 is 1.08. The fraction of sp³-hybridized carbons (Fsp3) is 0.278. The molecule has 0 heterocycles. The topological polar surface area (TPSA) is 17.1 Å². The van der Waals surface area contributed by atoms with Crippen LogP contribution in [-0.4, -0.2) is 5.78 Å². The summed E-state index contributed by atoms with van der Waals surface area (Å²) in [6.45, 7) is 6.17. The summed E-state index contributed by atoms with van der Waals surface area (Å²) in [4.78, 5) is 12.4. The number of Topliss-reactive ketones (excluding diaryl/α,β-unsaturated/α-hetero) is 1. The molecule has 0 aliphatic heterocycles. The Hall–Kier alpha value is -1.41. The predicted molar refractivity (Wildman–Crippen MR) is 87.5 cm³/mol. The predicted octanol–water partition coefficient (Wildman–Crippen LogP) is 5.05. The van der Waals surface area contributed by atoms with Crippen molar-refractivity contribution in [2.24, 2.45) is 0 Å².